The lowest BCUT2D eigenvalue weighted by Crippen LogP contribution is -2.46. The van der Waals surface area contributed by atoms with Crippen LogP contribution in [0, 0.1) is 6.92 Å². The third-order valence-electron chi connectivity index (χ3n) is 3.35. The van der Waals surface area contributed by atoms with E-state index in [0.29, 0.717) is 5.69 Å². The van der Waals surface area contributed by atoms with Gasteiger partial charge in [0.1, 0.15) is 5.75 Å². The van der Waals surface area contributed by atoms with Crippen LogP contribution in [0.3, 0.4) is 0 Å². The number of carbonyl (C=O) groups is 1. The van der Waals surface area contributed by atoms with Gasteiger partial charge in [-0.05, 0) is 52.3 Å². The first-order chi connectivity index (χ1) is 10.8. The molecule has 6 heteroatoms. The van der Waals surface area contributed by atoms with Crippen molar-refractivity contribution in [1.29, 1.82) is 0 Å². The molecule has 2 rings (SSSR count). The summed E-state index contributed by atoms with van der Waals surface area (Å²) in [4.78, 5) is 19.0. The number of nitrogens with zero attached hydrogens (tertiary/aromatic N) is 2. The number of anilines is 1. The van der Waals surface area contributed by atoms with Gasteiger partial charge in [0.15, 0.2) is 0 Å². The Balaban J connectivity index is 2.45. The smallest absolute Gasteiger partial charge is 0.414 e. The molecule has 23 heavy (non-hydrogen) atoms. The summed E-state index contributed by atoms with van der Waals surface area (Å²) < 4.78 is 5.13. The second-order valence-corrected chi connectivity index (χ2v) is 7.03. The Morgan fingerprint density at radius 3 is 2.57 bits per heavy atom. The number of carbonyl (C=O) groups excluding carboxylic acids is 1. The number of rotatable bonds is 3. The van der Waals surface area contributed by atoms with E-state index in [4.69, 9.17) is 4.74 Å². The number of amides is 1. The largest absolute Gasteiger partial charge is 0.506 e. The minimum Gasteiger partial charge on any atom is -0.506 e. The zero-order valence-corrected chi connectivity index (χ0v) is 14.9. The summed E-state index contributed by atoms with van der Waals surface area (Å²) in [5.74, 6) is 0.0401. The Hall–Kier alpha value is -2.08. The minimum absolute atomic E-state index is 0.0401. The van der Waals surface area contributed by atoms with E-state index in [2.05, 4.69) is 4.98 Å². The van der Waals surface area contributed by atoms with E-state index in [9.17, 15) is 9.90 Å². The van der Waals surface area contributed by atoms with Crippen molar-refractivity contribution < 1.29 is 14.6 Å². The van der Waals surface area contributed by atoms with Crippen molar-refractivity contribution in [2.45, 2.75) is 40.2 Å². The molecular formula is C17H22N2O3S. The van der Waals surface area contributed by atoms with E-state index >= 15 is 0 Å². The van der Waals surface area contributed by atoms with Gasteiger partial charge in [-0.25, -0.2) is 9.78 Å². The Labute approximate surface area is 140 Å². The maximum absolute atomic E-state index is 12.3. The number of phenols is 1. The number of aromatic nitrogens is 1. The summed E-state index contributed by atoms with van der Waals surface area (Å²) in [7, 11) is 0. The molecule has 2 aromatic rings. The highest BCUT2D eigenvalue weighted by molar-refractivity contribution is 7.13. The van der Waals surface area contributed by atoms with Crippen LogP contribution in [0.1, 0.15) is 33.4 Å². The second kappa shape index (κ2) is 6.58. The number of ether oxygens (including phenoxy) is 1. The van der Waals surface area contributed by atoms with Gasteiger partial charge in [0, 0.05) is 5.54 Å². The standard InChI is InChI=1S/C17H22N2O3S/c1-6-22-16(21)19(17(3,4)5)13-8-7-12(9-14(13)20)15-11(2)18-10-23-15/h7-10,20H,6H2,1-5H3. The van der Waals surface area contributed by atoms with Crippen LogP contribution in [-0.2, 0) is 4.74 Å². The normalized spacial score (nSPS) is 11.3. The second-order valence-electron chi connectivity index (χ2n) is 6.18. The van der Waals surface area contributed by atoms with E-state index in [1.54, 1.807) is 24.6 Å². The predicted molar refractivity (Wildman–Crippen MR) is 93.2 cm³/mol. The molecule has 0 aliphatic rings. The maximum atomic E-state index is 12.3. The highest BCUT2D eigenvalue weighted by Crippen LogP contribution is 2.37. The first kappa shape index (κ1) is 17.3. The van der Waals surface area contributed by atoms with Crippen molar-refractivity contribution in [3.05, 3.63) is 29.4 Å². The number of hydrogen-bond acceptors (Lipinski definition) is 5. The van der Waals surface area contributed by atoms with Crippen molar-refractivity contribution in [1.82, 2.24) is 4.98 Å². The van der Waals surface area contributed by atoms with Crippen LogP contribution >= 0.6 is 11.3 Å². The van der Waals surface area contributed by atoms with E-state index in [0.717, 1.165) is 16.1 Å². The monoisotopic (exact) mass is 334 g/mol. The molecule has 0 unspecified atom stereocenters. The number of phenolic OH excluding ortho intramolecular Hbond substituents is 1. The van der Waals surface area contributed by atoms with Crippen molar-refractivity contribution >= 4 is 23.1 Å². The van der Waals surface area contributed by atoms with Crippen LogP contribution in [0.15, 0.2) is 23.7 Å². The molecule has 5 nitrogen and oxygen atoms in total. The van der Waals surface area contributed by atoms with Crippen LogP contribution in [0.4, 0.5) is 10.5 Å². The van der Waals surface area contributed by atoms with Crippen molar-refractivity contribution in [2.75, 3.05) is 11.5 Å². The topological polar surface area (TPSA) is 62.7 Å². The van der Waals surface area contributed by atoms with Gasteiger partial charge in [0.25, 0.3) is 0 Å². The summed E-state index contributed by atoms with van der Waals surface area (Å²) in [6.07, 6.45) is -0.475. The van der Waals surface area contributed by atoms with Crippen LogP contribution in [0.5, 0.6) is 5.75 Å². The molecule has 0 saturated heterocycles. The van der Waals surface area contributed by atoms with Crippen molar-refractivity contribution in [3.63, 3.8) is 0 Å². The minimum atomic E-state index is -0.522. The summed E-state index contributed by atoms with van der Waals surface area (Å²) in [5.41, 5.74) is 3.48. The SMILES string of the molecule is CCOC(=O)N(c1ccc(-c2scnc2C)cc1O)C(C)(C)C. The number of hydrogen-bond donors (Lipinski definition) is 1. The quantitative estimate of drug-likeness (QED) is 0.892. The summed E-state index contributed by atoms with van der Waals surface area (Å²) in [5, 5.41) is 10.5. The molecule has 0 radical (unpaired) electrons. The molecule has 124 valence electrons. The molecule has 0 aliphatic heterocycles. The van der Waals surface area contributed by atoms with Gasteiger partial charge in [0.2, 0.25) is 0 Å². The Bertz CT molecular complexity index is 704. The average molecular weight is 334 g/mol. The fraction of sp³-hybridized carbons (Fsp3) is 0.412. The third-order valence-corrected chi connectivity index (χ3v) is 4.32. The fourth-order valence-corrected chi connectivity index (χ4v) is 3.16. The molecule has 0 fully saturated rings. The zero-order chi connectivity index (χ0) is 17.2. The molecule has 1 aromatic heterocycles. The van der Waals surface area contributed by atoms with Crippen LogP contribution < -0.4 is 4.90 Å². The van der Waals surface area contributed by atoms with Crippen LogP contribution in [-0.4, -0.2) is 28.3 Å². The van der Waals surface area contributed by atoms with E-state index in [1.165, 1.54) is 16.2 Å². The molecule has 0 atom stereocenters. The molecule has 0 aliphatic carbocycles. The summed E-state index contributed by atoms with van der Waals surface area (Å²) in [6, 6.07) is 5.29. The third kappa shape index (κ3) is 3.64. The first-order valence-electron chi connectivity index (χ1n) is 7.46. The zero-order valence-electron chi connectivity index (χ0n) is 14.1. The molecule has 0 bridgehead atoms. The molecule has 0 saturated carbocycles. The van der Waals surface area contributed by atoms with E-state index in [1.807, 2.05) is 33.8 Å². The van der Waals surface area contributed by atoms with Gasteiger partial charge in [-0.2, -0.15) is 0 Å². The maximum Gasteiger partial charge on any atom is 0.414 e. The number of aryl methyl sites for hydroxylation is 1. The molecule has 1 heterocycles. The van der Waals surface area contributed by atoms with Gasteiger partial charge in [-0.3, -0.25) is 4.90 Å². The van der Waals surface area contributed by atoms with Crippen LogP contribution in [0.2, 0.25) is 0 Å². The number of benzene rings is 1. The molecule has 1 amide bonds. The molecule has 1 aromatic carbocycles. The Morgan fingerprint density at radius 2 is 2.09 bits per heavy atom. The van der Waals surface area contributed by atoms with E-state index < -0.39 is 11.6 Å². The summed E-state index contributed by atoms with van der Waals surface area (Å²) in [6.45, 7) is 9.65. The van der Waals surface area contributed by atoms with Gasteiger partial charge >= 0.3 is 6.09 Å². The fourth-order valence-electron chi connectivity index (χ4n) is 2.35. The summed E-state index contributed by atoms with van der Waals surface area (Å²) >= 11 is 1.52. The van der Waals surface area contributed by atoms with Gasteiger partial charge in [0.05, 0.1) is 28.4 Å². The highest BCUT2D eigenvalue weighted by Gasteiger charge is 2.31. The average Bonchev–Trinajstić information content (AvgIpc) is 2.86. The lowest BCUT2D eigenvalue weighted by molar-refractivity contribution is 0.154. The van der Waals surface area contributed by atoms with Crippen LogP contribution in [0.25, 0.3) is 10.4 Å². The van der Waals surface area contributed by atoms with Gasteiger partial charge < -0.3 is 9.84 Å². The first-order valence-corrected chi connectivity index (χ1v) is 8.34. The van der Waals surface area contributed by atoms with Gasteiger partial charge in [-0.1, -0.05) is 6.07 Å². The van der Waals surface area contributed by atoms with Crippen molar-refractivity contribution in [2.24, 2.45) is 0 Å². The predicted octanol–water partition coefficient (Wildman–Crippen LogP) is 4.59. The van der Waals surface area contributed by atoms with Gasteiger partial charge in [-0.15, -0.1) is 11.3 Å². The highest BCUT2D eigenvalue weighted by atomic mass is 32.1. The molecule has 1 N–H and O–H groups in total. The number of aromatic hydroxyl groups is 1. The molecular weight excluding hydrogens is 312 g/mol. The van der Waals surface area contributed by atoms with E-state index in [-0.39, 0.29) is 12.4 Å². The number of thiazole rings is 1. The Kier molecular flexibility index (Phi) is 4.94. The lowest BCUT2D eigenvalue weighted by Gasteiger charge is -2.35. The Morgan fingerprint density at radius 1 is 1.39 bits per heavy atom. The van der Waals surface area contributed by atoms with Crippen molar-refractivity contribution in [3.8, 4) is 16.2 Å². The lowest BCUT2D eigenvalue weighted by atomic mass is 10.0. The molecule has 0 spiro atoms.